The van der Waals surface area contributed by atoms with Crippen LogP contribution in [0.4, 0.5) is 0 Å². The highest BCUT2D eigenvalue weighted by molar-refractivity contribution is 5.82. The minimum absolute atomic E-state index is 0.0256. The van der Waals surface area contributed by atoms with Crippen molar-refractivity contribution >= 4 is 5.91 Å². The van der Waals surface area contributed by atoms with Gasteiger partial charge in [0.1, 0.15) is 0 Å². The van der Waals surface area contributed by atoms with Crippen molar-refractivity contribution in [2.24, 2.45) is 11.8 Å². The summed E-state index contributed by atoms with van der Waals surface area (Å²) < 4.78 is 0. The monoisotopic (exact) mass is 499 g/mol. The fourth-order valence-electron chi connectivity index (χ4n) is 8.28. The molecule has 0 bridgehead atoms. The molecule has 1 spiro atoms. The summed E-state index contributed by atoms with van der Waals surface area (Å²) in [4.78, 5) is 22.1. The summed E-state index contributed by atoms with van der Waals surface area (Å²) in [5.41, 5.74) is 5.17. The number of fused-ring (bicyclic) bond motifs is 2. The van der Waals surface area contributed by atoms with E-state index in [2.05, 4.69) is 66.5 Å². The SMILES string of the molecule is CC(C)c1ccc2c(n1)CCCC21CNCC1C(=O)N1CCC(c2ccccc2)CC1C1CCCCC1. The van der Waals surface area contributed by atoms with Crippen molar-refractivity contribution in [1.82, 2.24) is 15.2 Å². The first-order valence-corrected chi connectivity index (χ1v) is 15.1. The summed E-state index contributed by atoms with van der Waals surface area (Å²) in [5.74, 6) is 2.11. The predicted molar refractivity (Wildman–Crippen MR) is 150 cm³/mol. The lowest BCUT2D eigenvalue weighted by Crippen LogP contribution is -2.55. The highest BCUT2D eigenvalue weighted by Gasteiger charge is 2.52. The summed E-state index contributed by atoms with van der Waals surface area (Å²) in [7, 11) is 0. The normalized spacial score (nSPS) is 30.6. The third-order valence-electron chi connectivity index (χ3n) is 10.3. The number of likely N-dealkylation sites (tertiary alicyclic amines) is 1. The number of nitrogens with one attached hydrogen (secondary N) is 1. The van der Waals surface area contributed by atoms with Gasteiger partial charge in [-0.3, -0.25) is 9.78 Å². The Kier molecular flexibility index (Phi) is 7.13. The molecule has 4 aliphatic rings. The van der Waals surface area contributed by atoms with Gasteiger partial charge >= 0.3 is 0 Å². The Morgan fingerprint density at radius 2 is 1.84 bits per heavy atom. The van der Waals surface area contributed by atoms with Crippen LogP contribution in [0.5, 0.6) is 0 Å². The standard InChI is InChI=1S/C33H45N3O/c1-23(2)29-16-15-27-30(35-29)14-9-18-33(27)22-34-21-28(33)32(37)36-19-17-26(24-10-5-3-6-11-24)20-31(36)25-12-7-4-8-13-25/h3,5-6,10-11,15-16,23,25-26,28,31,34H,4,7-9,12-14,17-22H2,1-2H3. The van der Waals surface area contributed by atoms with Gasteiger partial charge in [0.05, 0.1) is 5.92 Å². The van der Waals surface area contributed by atoms with Gasteiger partial charge in [-0.2, -0.15) is 0 Å². The first kappa shape index (κ1) is 25.1. The summed E-state index contributed by atoms with van der Waals surface area (Å²) in [5, 5.41) is 3.68. The highest BCUT2D eigenvalue weighted by atomic mass is 16.2. The van der Waals surface area contributed by atoms with E-state index in [1.54, 1.807) is 0 Å². The minimum Gasteiger partial charge on any atom is -0.339 e. The molecule has 1 saturated carbocycles. The molecule has 4 heteroatoms. The molecule has 6 rings (SSSR count). The van der Waals surface area contributed by atoms with Crippen LogP contribution in [0.3, 0.4) is 0 Å². The molecule has 2 aliphatic carbocycles. The molecule has 4 atom stereocenters. The van der Waals surface area contributed by atoms with E-state index in [1.807, 2.05) is 0 Å². The highest BCUT2D eigenvalue weighted by Crippen LogP contribution is 2.47. The van der Waals surface area contributed by atoms with E-state index in [-0.39, 0.29) is 11.3 Å². The largest absolute Gasteiger partial charge is 0.339 e. The summed E-state index contributed by atoms with van der Waals surface area (Å²) in [6, 6.07) is 16.0. The van der Waals surface area contributed by atoms with Crippen molar-refractivity contribution in [3.8, 4) is 0 Å². The number of nitrogens with zero attached hydrogens (tertiary/aromatic N) is 2. The van der Waals surface area contributed by atoms with Gasteiger partial charge in [-0.1, -0.05) is 69.5 Å². The third kappa shape index (κ3) is 4.64. The Morgan fingerprint density at radius 1 is 1.03 bits per heavy atom. The second-order valence-electron chi connectivity index (χ2n) is 12.7. The molecule has 37 heavy (non-hydrogen) atoms. The molecule has 4 unspecified atom stereocenters. The van der Waals surface area contributed by atoms with Crippen molar-refractivity contribution < 1.29 is 4.79 Å². The lowest BCUT2D eigenvalue weighted by Gasteiger charge is -2.48. The zero-order chi connectivity index (χ0) is 25.4. The van der Waals surface area contributed by atoms with E-state index in [0.717, 1.165) is 51.7 Å². The average molecular weight is 500 g/mol. The fourth-order valence-corrected chi connectivity index (χ4v) is 8.28. The summed E-state index contributed by atoms with van der Waals surface area (Å²) >= 11 is 0. The van der Waals surface area contributed by atoms with Crippen LogP contribution in [0.15, 0.2) is 42.5 Å². The first-order chi connectivity index (χ1) is 18.1. The Labute approximate surface area is 223 Å². The number of aryl methyl sites for hydroxylation is 1. The molecule has 198 valence electrons. The van der Waals surface area contributed by atoms with E-state index in [1.165, 1.54) is 54.6 Å². The Hall–Kier alpha value is -2.20. The molecular weight excluding hydrogens is 454 g/mol. The number of rotatable bonds is 4. The number of amides is 1. The smallest absolute Gasteiger partial charge is 0.228 e. The van der Waals surface area contributed by atoms with Crippen molar-refractivity contribution in [1.29, 1.82) is 0 Å². The average Bonchev–Trinajstić information content (AvgIpc) is 3.37. The van der Waals surface area contributed by atoms with E-state index in [0.29, 0.717) is 29.7 Å². The van der Waals surface area contributed by atoms with Gasteiger partial charge in [0.2, 0.25) is 5.91 Å². The van der Waals surface area contributed by atoms with Crippen LogP contribution in [-0.4, -0.2) is 41.5 Å². The Morgan fingerprint density at radius 3 is 2.62 bits per heavy atom. The van der Waals surface area contributed by atoms with E-state index >= 15 is 0 Å². The zero-order valence-corrected chi connectivity index (χ0v) is 22.9. The van der Waals surface area contributed by atoms with Crippen molar-refractivity contribution in [2.45, 2.75) is 101 Å². The number of pyridine rings is 1. The van der Waals surface area contributed by atoms with E-state index in [9.17, 15) is 4.79 Å². The number of benzene rings is 1. The maximum Gasteiger partial charge on any atom is 0.228 e. The maximum absolute atomic E-state index is 14.6. The van der Waals surface area contributed by atoms with Gasteiger partial charge in [-0.15, -0.1) is 0 Å². The van der Waals surface area contributed by atoms with Crippen molar-refractivity contribution in [3.63, 3.8) is 0 Å². The van der Waals surface area contributed by atoms with Gasteiger partial charge in [0.25, 0.3) is 0 Å². The van der Waals surface area contributed by atoms with Crippen LogP contribution in [0.25, 0.3) is 0 Å². The second-order valence-corrected chi connectivity index (χ2v) is 12.7. The number of carbonyl (C=O) groups excluding carboxylic acids is 1. The van der Waals surface area contributed by atoms with Crippen molar-refractivity contribution in [3.05, 3.63) is 65.0 Å². The van der Waals surface area contributed by atoms with Gasteiger partial charge < -0.3 is 10.2 Å². The van der Waals surface area contributed by atoms with Gasteiger partial charge in [-0.25, -0.2) is 0 Å². The van der Waals surface area contributed by atoms with Crippen LogP contribution in [0.1, 0.15) is 106 Å². The number of carbonyl (C=O) groups is 1. The maximum atomic E-state index is 14.6. The molecule has 2 aliphatic heterocycles. The number of piperidine rings is 1. The predicted octanol–water partition coefficient (Wildman–Crippen LogP) is 6.35. The Balaban J connectivity index is 1.30. The molecule has 2 aromatic rings. The summed E-state index contributed by atoms with van der Waals surface area (Å²) in [6.45, 7) is 7.07. The molecule has 1 aromatic carbocycles. The lowest BCUT2D eigenvalue weighted by atomic mass is 9.64. The molecule has 3 heterocycles. The lowest BCUT2D eigenvalue weighted by molar-refractivity contribution is -0.143. The van der Waals surface area contributed by atoms with Crippen LogP contribution in [-0.2, 0) is 16.6 Å². The number of aromatic nitrogens is 1. The molecule has 4 nitrogen and oxygen atoms in total. The fraction of sp³-hybridized carbons (Fsp3) is 0.636. The van der Waals surface area contributed by atoms with Crippen LogP contribution in [0.2, 0.25) is 0 Å². The third-order valence-corrected chi connectivity index (χ3v) is 10.3. The molecular formula is C33H45N3O. The minimum atomic E-state index is -0.0967. The molecule has 2 saturated heterocycles. The first-order valence-electron chi connectivity index (χ1n) is 15.1. The second kappa shape index (κ2) is 10.5. The topological polar surface area (TPSA) is 45.2 Å². The molecule has 1 aromatic heterocycles. The quantitative estimate of drug-likeness (QED) is 0.533. The van der Waals surface area contributed by atoms with Crippen LogP contribution >= 0.6 is 0 Å². The van der Waals surface area contributed by atoms with Crippen molar-refractivity contribution in [2.75, 3.05) is 19.6 Å². The van der Waals surface area contributed by atoms with Gasteiger partial charge in [0.15, 0.2) is 0 Å². The molecule has 3 fully saturated rings. The van der Waals surface area contributed by atoms with Gasteiger partial charge in [-0.05, 0) is 79.9 Å². The Bertz CT molecular complexity index is 1090. The van der Waals surface area contributed by atoms with E-state index in [4.69, 9.17) is 4.98 Å². The zero-order valence-electron chi connectivity index (χ0n) is 22.9. The van der Waals surface area contributed by atoms with E-state index < -0.39 is 0 Å². The molecule has 0 radical (unpaired) electrons. The molecule has 1 N–H and O–H groups in total. The number of hydrogen-bond donors (Lipinski definition) is 1. The van der Waals surface area contributed by atoms with Crippen LogP contribution in [0, 0.1) is 11.8 Å². The summed E-state index contributed by atoms with van der Waals surface area (Å²) in [6.07, 6.45) is 12.1. The van der Waals surface area contributed by atoms with Gasteiger partial charge in [0, 0.05) is 42.5 Å². The number of hydrogen-bond acceptors (Lipinski definition) is 3. The van der Waals surface area contributed by atoms with Crippen LogP contribution < -0.4 is 5.32 Å². The molecule has 1 amide bonds.